The number of methoxy groups -OCH3 is 1. The van der Waals surface area contributed by atoms with Gasteiger partial charge in [-0.3, -0.25) is 9.89 Å². The van der Waals surface area contributed by atoms with Crippen LogP contribution in [0.3, 0.4) is 0 Å². The number of ether oxygens (including phenoxy) is 2. The molecule has 9 nitrogen and oxygen atoms in total. The number of nitrogens with zero attached hydrogens (tertiary/aromatic N) is 3. The lowest BCUT2D eigenvalue weighted by Gasteiger charge is -2.12. The fraction of sp³-hybridized carbons (Fsp3) is 0.217. The van der Waals surface area contributed by atoms with Crippen molar-refractivity contribution in [3.8, 4) is 22.9 Å². The summed E-state index contributed by atoms with van der Waals surface area (Å²) < 4.78 is 16.5. The third-order valence-corrected chi connectivity index (χ3v) is 5.05. The van der Waals surface area contributed by atoms with E-state index in [0.717, 1.165) is 22.4 Å². The van der Waals surface area contributed by atoms with Gasteiger partial charge in [-0.25, -0.2) is 4.98 Å². The van der Waals surface area contributed by atoms with Gasteiger partial charge in [0.25, 0.3) is 5.91 Å². The van der Waals surface area contributed by atoms with E-state index in [-0.39, 0.29) is 5.91 Å². The van der Waals surface area contributed by atoms with Crippen molar-refractivity contribution in [1.29, 1.82) is 0 Å². The molecule has 0 bridgehead atoms. The number of nitrogens with one attached hydrogen (secondary N) is 2. The average molecular weight is 433 g/mol. The molecule has 0 saturated carbocycles. The van der Waals surface area contributed by atoms with Gasteiger partial charge in [-0.2, -0.15) is 5.10 Å². The van der Waals surface area contributed by atoms with Crippen molar-refractivity contribution in [3.05, 3.63) is 76.9 Å². The molecule has 0 unspecified atom stereocenters. The lowest BCUT2D eigenvalue weighted by atomic mass is 10.1. The van der Waals surface area contributed by atoms with Crippen LogP contribution in [0.1, 0.15) is 32.9 Å². The van der Waals surface area contributed by atoms with Crippen LogP contribution in [-0.4, -0.2) is 33.4 Å². The maximum atomic E-state index is 12.7. The van der Waals surface area contributed by atoms with Gasteiger partial charge in [-0.05, 0) is 43.7 Å². The Balaban J connectivity index is 1.41. The monoisotopic (exact) mass is 433 g/mol. The summed E-state index contributed by atoms with van der Waals surface area (Å²) in [6.07, 6.45) is 1.46. The van der Waals surface area contributed by atoms with Crippen LogP contribution in [-0.2, 0) is 13.2 Å². The van der Waals surface area contributed by atoms with E-state index in [4.69, 9.17) is 14.0 Å². The number of rotatable bonds is 8. The molecule has 0 spiro atoms. The van der Waals surface area contributed by atoms with Crippen LogP contribution in [0.15, 0.2) is 53.3 Å². The first-order valence-electron chi connectivity index (χ1n) is 10.0. The van der Waals surface area contributed by atoms with E-state index in [9.17, 15) is 4.79 Å². The fourth-order valence-electron chi connectivity index (χ4n) is 3.24. The summed E-state index contributed by atoms with van der Waals surface area (Å²) in [5, 5.41) is 13.5. The molecule has 0 aliphatic heterocycles. The number of aromatic amines is 1. The van der Waals surface area contributed by atoms with Gasteiger partial charge in [0.2, 0.25) is 0 Å². The molecule has 4 rings (SSSR count). The molecule has 0 radical (unpaired) electrons. The molecule has 1 amide bonds. The standard InChI is InChI=1S/C23H23N5O4/c1-14-19(15(2)32-28-14)12-31-20-8-7-18(10-21(20)30-3)23(29)24-11-16-5-4-6-17(9-16)22-25-13-26-27-22/h4-10,13H,11-12H2,1-3H3,(H,24,29)(H,25,26,27). The molecule has 0 fully saturated rings. The first-order chi connectivity index (χ1) is 15.5. The summed E-state index contributed by atoms with van der Waals surface area (Å²) in [5.41, 5.74) is 3.98. The highest BCUT2D eigenvalue weighted by Crippen LogP contribution is 2.29. The Bertz CT molecular complexity index is 1200. The number of hydrogen-bond acceptors (Lipinski definition) is 7. The molecule has 2 heterocycles. The number of amides is 1. The first-order valence-corrected chi connectivity index (χ1v) is 10.0. The van der Waals surface area contributed by atoms with E-state index >= 15 is 0 Å². The fourth-order valence-corrected chi connectivity index (χ4v) is 3.24. The molecule has 2 aromatic heterocycles. The predicted molar refractivity (Wildman–Crippen MR) is 116 cm³/mol. The van der Waals surface area contributed by atoms with Crippen LogP contribution in [0.5, 0.6) is 11.5 Å². The topological polar surface area (TPSA) is 115 Å². The van der Waals surface area contributed by atoms with Gasteiger partial charge < -0.3 is 19.3 Å². The second-order valence-corrected chi connectivity index (χ2v) is 7.17. The molecular formula is C23H23N5O4. The molecule has 164 valence electrons. The second-order valence-electron chi connectivity index (χ2n) is 7.17. The third-order valence-electron chi connectivity index (χ3n) is 5.05. The summed E-state index contributed by atoms with van der Waals surface area (Å²) >= 11 is 0. The summed E-state index contributed by atoms with van der Waals surface area (Å²) in [4.78, 5) is 16.8. The van der Waals surface area contributed by atoms with Crippen LogP contribution in [0.2, 0.25) is 0 Å². The van der Waals surface area contributed by atoms with Gasteiger partial charge in [0.1, 0.15) is 18.7 Å². The molecule has 0 aliphatic carbocycles. The maximum Gasteiger partial charge on any atom is 0.251 e. The lowest BCUT2D eigenvalue weighted by molar-refractivity contribution is 0.0950. The number of aromatic nitrogens is 4. The van der Waals surface area contributed by atoms with Gasteiger partial charge in [0.15, 0.2) is 17.3 Å². The lowest BCUT2D eigenvalue weighted by Crippen LogP contribution is -2.22. The maximum absolute atomic E-state index is 12.7. The number of benzene rings is 2. The molecule has 0 saturated heterocycles. The summed E-state index contributed by atoms with van der Waals surface area (Å²) in [7, 11) is 1.54. The Morgan fingerprint density at radius 1 is 1.16 bits per heavy atom. The normalized spacial score (nSPS) is 10.7. The van der Waals surface area contributed by atoms with Crippen molar-refractivity contribution in [2.24, 2.45) is 0 Å². The molecule has 0 atom stereocenters. The Hall–Kier alpha value is -4.14. The van der Waals surface area contributed by atoms with Gasteiger partial charge >= 0.3 is 0 Å². The molecule has 0 aliphatic rings. The molecule has 2 aromatic carbocycles. The number of carbonyl (C=O) groups is 1. The summed E-state index contributed by atoms with van der Waals surface area (Å²) in [5.74, 6) is 2.17. The van der Waals surface area contributed by atoms with Crippen LogP contribution >= 0.6 is 0 Å². The Morgan fingerprint density at radius 2 is 2.03 bits per heavy atom. The van der Waals surface area contributed by atoms with Crippen LogP contribution in [0, 0.1) is 13.8 Å². The van der Waals surface area contributed by atoms with Gasteiger partial charge in [0.05, 0.1) is 18.4 Å². The predicted octanol–water partition coefficient (Wildman–Crippen LogP) is 3.59. The minimum atomic E-state index is -0.217. The SMILES string of the molecule is COc1cc(C(=O)NCc2cccc(-c3ncn[nH]3)c2)ccc1OCc1c(C)noc1C. The second kappa shape index (κ2) is 9.34. The van der Waals surface area contributed by atoms with Crippen molar-refractivity contribution in [3.63, 3.8) is 0 Å². The zero-order valence-corrected chi connectivity index (χ0v) is 18.0. The molecule has 32 heavy (non-hydrogen) atoms. The van der Waals surface area contributed by atoms with Crippen molar-refractivity contribution < 1.29 is 18.8 Å². The van der Waals surface area contributed by atoms with E-state index in [1.54, 1.807) is 18.2 Å². The van der Waals surface area contributed by atoms with Gasteiger partial charge in [-0.1, -0.05) is 23.4 Å². The highest BCUT2D eigenvalue weighted by molar-refractivity contribution is 5.94. The molecular weight excluding hydrogens is 410 g/mol. The number of carbonyl (C=O) groups excluding carboxylic acids is 1. The van der Waals surface area contributed by atoms with Gasteiger partial charge in [-0.15, -0.1) is 0 Å². The van der Waals surface area contributed by atoms with E-state index in [1.807, 2.05) is 38.1 Å². The minimum Gasteiger partial charge on any atom is -0.493 e. The summed E-state index contributed by atoms with van der Waals surface area (Å²) in [6, 6.07) is 12.8. The number of hydrogen-bond donors (Lipinski definition) is 2. The Labute approximate surface area is 184 Å². The van der Waals surface area contributed by atoms with Crippen LogP contribution in [0.4, 0.5) is 0 Å². The Kier molecular flexibility index (Phi) is 6.16. The first kappa shape index (κ1) is 21.1. The highest BCUT2D eigenvalue weighted by atomic mass is 16.5. The summed E-state index contributed by atoms with van der Waals surface area (Å²) in [6.45, 7) is 4.36. The minimum absolute atomic E-state index is 0.217. The molecule has 2 N–H and O–H groups in total. The number of aryl methyl sites for hydroxylation is 2. The molecule has 9 heteroatoms. The number of H-pyrrole nitrogens is 1. The highest BCUT2D eigenvalue weighted by Gasteiger charge is 2.14. The van der Waals surface area contributed by atoms with Crippen molar-refractivity contribution in [2.45, 2.75) is 27.0 Å². The van der Waals surface area contributed by atoms with E-state index < -0.39 is 0 Å². The van der Waals surface area contributed by atoms with Crippen LogP contribution < -0.4 is 14.8 Å². The third kappa shape index (κ3) is 4.61. The zero-order chi connectivity index (χ0) is 22.5. The quantitative estimate of drug-likeness (QED) is 0.436. The van der Waals surface area contributed by atoms with E-state index in [2.05, 4.69) is 25.7 Å². The Morgan fingerprint density at radius 3 is 2.75 bits per heavy atom. The van der Waals surface area contributed by atoms with E-state index in [0.29, 0.717) is 41.8 Å². The average Bonchev–Trinajstić information content (AvgIpc) is 3.46. The van der Waals surface area contributed by atoms with Crippen molar-refractivity contribution in [1.82, 2.24) is 25.7 Å². The largest absolute Gasteiger partial charge is 0.493 e. The van der Waals surface area contributed by atoms with Crippen molar-refractivity contribution >= 4 is 5.91 Å². The van der Waals surface area contributed by atoms with E-state index in [1.165, 1.54) is 13.4 Å². The smallest absolute Gasteiger partial charge is 0.251 e. The van der Waals surface area contributed by atoms with Crippen LogP contribution in [0.25, 0.3) is 11.4 Å². The van der Waals surface area contributed by atoms with Crippen molar-refractivity contribution in [2.75, 3.05) is 7.11 Å². The molecule has 4 aromatic rings. The van der Waals surface area contributed by atoms with Gasteiger partial charge in [0, 0.05) is 17.7 Å². The zero-order valence-electron chi connectivity index (χ0n) is 18.0.